The topological polar surface area (TPSA) is 85.8 Å². The van der Waals surface area contributed by atoms with E-state index in [1.165, 1.54) is 5.56 Å². The van der Waals surface area contributed by atoms with Crippen molar-refractivity contribution in [2.45, 2.75) is 19.8 Å². The fraction of sp³-hybridized carbons (Fsp3) is 0.188. The Labute approximate surface area is 124 Å². The van der Waals surface area contributed by atoms with E-state index in [0.717, 1.165) is 5.56 Å². The van der Waals surface area contributed by atoms with Crippen LogP contribution in [0.2, 0.25) is 0 Å². The van der Waals surface area contributed by atoms with E-state index in [2.05, 4.69) is 41.5 Å². The predicted molar refractivity (Wildman–Crippen MR) is 83.4 cm³/mol. The third kappa shape index (κ3) is 4.81. The lowest BCUT2D eigenvalue weighted by atomic mass is 10.0. The fourth-order valence-electron chi connectivity index (χ4n) is 1.70. The van der Waals surface area contributed by atoms with Crippen molar-refractivity contribution >= 4 is 12.1 Å². The molecular formula is C16H19N3O2. The first kappa shape index (κ1) is 16.5. The molecule has 0 saturated heterocycles. The molecule has 0 aliphatic heterocycles. The quantitative estimate of drug-likeness (QED) is 0.689. The van der Waals surface area contributed by atoms with E-state index in [0.29, 0.717) is 11.5 Å². The summed E-state index contributed by atoms with van der Waals surface area (Å²) in [6.07, 6.45) is 4.77. The molecule has 0 aliphatic rings. The van der Waals surface area contributed by atoms with Gasteiger partial charge in [-0.3, -0.25) is 9.78 Å². The minimum absolute atomic E-state index is 0. The maximum atomic E-state index is 11.7. The lowest BCUT2D eigenvalue weighted by Crippen LogP contribution is -2.17. The van der Waals surface area contributed by atoms with Crippen molar-refractivity contribution in [3.8, 4) is 0 Å². The normalized spacial score (nSPS) is 10.4. The molecule has 1 aromatic carbocycles. The van der Waals surface area contributed by atoms with E-state index in [1.54, 1.807) is 30.7 Å². The summed E-state index contributed by atoms with van der Waals surface area (Å²) >= 11 is 0. The standard InChI is InChI=1S/C16H17N3O.H2O/c1-12(2)14-5-3-13(4-6-14)11-18-19-16(20)15-7-9-17-10-8-15;/h3-12H,1-2H3,(H,19,20);1H2/b18-11+;. The number of rotatable bonds is 4. The van der Waals surface area contributed by atoms with Gasteiger partial charge in [-0.15, -0.1) is 0 Å². The Morgan fingerprint density at radius 3 is 2.33 bits per heavy atom. The summed E-state index contributed by atoms with van der Waals surface area (Å²) in [7, 11) is 0. The molecule has 21 heavy (non-hydrogen) atoms. The highest BCUT2D eigenvalue weighted by Gasteiger charge is 2.02. The van der Waals surface area contributed by atoms with E-state index in [9.17, 15) is 4.79 Å². The van der Waals surface area contributed by atoms with E-state index in [1.807, 2.05) is 12.1 Å². The van der Waals surface area contributed by atoms with Crippen LogP contribution in [0.15, 0.2) is 53.9 Å². The molecule has 5 nitrogen and oxygen atoms in total. The molecule has 110 valence electrons. The smallest absolute Gasteiger partial charge is 0.271 e. The zero-order chi connectivity index (χ0) is 14.4. The van der Waals surface area contributed by atoms with Gasteiger partial charge in [-0.2, -0.15) is 5.10 Å². The van der Waals surface area contributed by atoms with Crippen LogP contribution >= 0.6 is 0 Å². The maximum absolute atomic E-state index is 11.7. The van der Waals surface area contributed by atoms with Crippen molar-refractivity contribution in [1.82, 2.24) is 10.4 Å². The average Bonchev–Trinajstić information content (AvgIpc) is 2.48. The highest BCUT2D eigenvalue weighted by molar-refractivity contribution is 5.94. The number of carbonyl (C=O) groups excluding carboxylic acids is 1. The van der Waals surface area contributed by atoms with Gasteiger partial charge in [0.15, 0.2) is 0 Å². The van der Waals surface area contributed by atoms with Gasteiger partial charge in [0.1, 0.15) is 0 Å². The first-order valence-corrected chi connectivity index (χ1v) is 6.50. The van der Waals surface area contributed by atoms with Gasteiger partial charge in [-0.25, -0.2) is 5.43 Å². The largest absolute Gasteiger partial charge is 0.412 e. The number of hydrogen-bond donors (Lipinski definition) is 1. The molecule has 3 N–H and O–H groups in total. The lowest BCUT2D eigenvalue weighted by molar-refractivity contribution is 0.0955. The second-order valence-corrected chi connectivity index (χ2v) is 4.76. The number of carbonyl (C=O) groups is 1. The molecule has 0 unspecified atom stereocenters. The minimum Gasteiger partial charge on any atom is -0.412 e. The molecule has 0 aliphatic carbocycles. The van der Waals surface area contributed by atoms with E-state index in [4.69, 9.17) is 0 Å². The number of nitrogens with one attached hydrogen (secondary N) is 1. The molecule has 0 saturated carbocycles. The molecule has 0 fully saturated rings. The van der Waals surface area contributed by atoms with Crippen LogP contribution < -0.4 is 5.43 Å². The zero-order valence-electron chi connectivity index (χ0n) is 12.1. The second kappa shape index (κ2) is 7.91. The molecule has 2 aromatic rings. The summed E-state index contributed by atoms with van der Waals surface area (Å²) in [5.41, 5.74) is 5.25. The third-order valence-electron chi connectivity index (χ3n) is 2.93. The van der Waals surface area contributed by atoms with Crippen LogP contribution in [0.3, 0.4) is 0 Å². The van der Waals surface area contributed by atoms with Crippen molar-refractivity contribution in [2.24, 2.45) is 5.10 Å². The molecule has 5 heteroatoms. The molecule has 1 amide bonds. The monoisotopic (exact) mass is 285 g/mol. The number of hydrazone groups is 1. The summed E-state index contributed by atoms with van der Waals surface area (Å²) in [4.78, 5) is 15.6. The summed E-state index contributed by atoms with van der Waals surface area (Å²) in [5, 5.41) is 3.95. The Balaban J connectivity index is 0.00000220. The van der Waals surface area contributed by atoms with E-state index >= 15 is 0 Å². The second-order valence-electron chi connectivity index (χ2n) is 4.76. The highest BCUT2D eigenvalue weighted by Crippen LogP contribution is 2.13. The number of pyridine rings is 1. The van der Waals surface area contributed by atoms with Crippen molar-refractivity contribution in [1.29, 1.82) is 0 Å². The minimum atomic E-state index is -0.248. The molecule has 0 bridgehead atoms. The zero-order valence-corrected chi connectivity index (χ0v) is 12.1. The van der Waals surface area contributed by atoms with Crippen LogP contribution in [-0.4, -0.2) is 22.6 Å². The summed E-state index contributed by atoms with van der Waals surface area (Å²) in [5.74, 6) is 0.259. The molecule has 2 rings (SSSR count). The van der Waals surface area contributed by atoms with Gasteiger partial charge in [-0.05, 0) is 29.2 Å². The van der Waals surface area contributed by atoms with Crippen LogP contribution in [0.25, 0.3) is 0 Å². The molecule has 0 spiro atoms. The Bertz CT molecular complexity index is 593. The number of aromatic nitrogens is 1. The van der Waals surface area contributed by atoms with Crippen LogP contribution in [0, 0.1) is 0 Å². The Kier molecular flexibility index (Phi) is 6.23. The number of nitrogens with zero attached hydrogens (tertiary/aromatic N) is 2. The van der Waals surface area contributed by atoms with Gasteiger partial charge in [-0.1, -0.05) is 38.1 Å². The lowest BCUT2D eigenvalue weighted by Gasteiger charge is -2.04. The van der Waals surface area contributed by atoms with Gasteiger partial charge in [0.2, 0.25) is 0 Å². The molecule has 1 heterocycles. The van der Waals surface area contributed by atoms with Gasteiger partial charge in [0, 0.05) is 18.0 Å². The van der Waals surface area contributed by atoms with Crippen molar-refractivity contribution in [3.05, 3.63) is 65.5 Å². The van der Waals surface area contributed by atoms with Gasteiger partial charge >= 0.3 is 0 Å². The number of hydrogen-bond acceptors (Lipinski definition) is 3. The highest BCUT2D eigenvalue weighted by atomic mass is 16.2. The Hall–Kier alpha value is -2.53. The third-order valence-corrected chi connectivity index (χ3v) is 2.93. The fourth-order valence-corrected chi connectivity index (χ4v) is 1.70. The summed E-state index contributed by atoms with van der Waals surface area (Å²) in [6, 6.07) is 11.4. The van der Waals surface area contributed by atoms with Crippen molar-refractivity contribution in [3.63, 3.8) is 0 Å². The molecule has 0 radical (unpaired) electrons. The average molecular weight is 285 g/mol. The van der Waals surface area contributed by atoms with Crippen LogP contribution in [0.1, 0.15) is 41.3 Å². The molecule has 0 atom stereocenters. The predicted octanol–water partition coefficient (Wildman–Crippen LogP) is 2.14. The summed E-state index contributed by atoms with van der Waals surface area (Å²) in [6.45, 7) is 4.30. The first-order valence-electron chi connectivity index (χ1n) is 6.50. The van der Waals surface area contributed by atoms with Gasteiger partial charge in [0.05, 0.1) is 6.21 Å². The SMILES string of the molecule is CC(C)c1ccc(/C=N/NC(=O)c2ccncc2)cc1.O. The van der Waals surface area contributed by atoms with Gasteiger partial charge < -0.3 is 5.48 Å². The van der Waals surface area contributed by atoms with Crippen LogP contribution in [-0.2, 0) is 0 Å². The first-order chi connectivity index (χ1) is 9.66. The van der Waals surface area contributed by atoms with E-state index in [-0.39, 0.29) is 11.4 Å². The number of benzene rings is 1. The Morgan fingerprint density at radius 1 is 1.14 bits per heavy atom. The van der Waals surface area contributed by atoms with E-state index < -0.39 is 0 Å². The van der Waals surface area contributed by atoms with Crippen molar-refractivity contribution < 1.29 is 10.3 Å². The maximum Gasteiger partial charge on any atom is 0.271 e. The molecule has 1 aromatic heterocycles. The van der Waals surface area contributed by atoms with Crippen LogP contribution in [0.5, 0.6) is 0 Å². The van der Waals surface area contributed by atoms with Gasteiger partial charge in [0.25, 0.3) is 5.91 Å². The van der Waals surface area contributed by atoms with Crippen LogP contribution in [0.4, 0.5) is 0 Å². The molecular weight excluding hydrogens is 266 g/mol. The van der Waals surface area contributed by atoms with Crippen molar-refractivity contribution in [2.75, 3.05) is 0 Å². The summed E-state index contributed by atoms with van der Waals surface area (Å²) < 4.78 is 0. The number of amides is 1. The Morgan fingerprint density at radius 2 is 1.76 bits per heavy atom.